The van der Waals surface area contributed by atoms with Gasteiger partial charge in [0, 0.05) is 8.45 Å². The highest BCUT2D eigenvalue weighted by Gasteiger charge is 2.34. The van der Waals surface area contributed by atoms with Gasteiger partial charge in [0.1, 0.15) is 5.57 Å². The van der Waals surface area contributed by atoms with Gasteiger partial charge in [0.15, 0.2) is 0 Å². The predicted molar refractivity (Wildman–Crippen MR) is 94.0 cm³/mol. The Bertz CT molecular complexity index is 841. The van der Waals surface area contributed by atoms with Gasteiger partial charge in [0.2, 0.25) is 0 Å². The third-order valence-electron chi connectivity index (χ3n) is 3.18. The summed E-state index contributed by atoms with van der Waals surface area (Å²) in [5.74, 6) is -2.17. The molecule has 116 valence electrons. The lowest BCUT2D eigenvalue weighted by atomic mass is 10.1. The number of thiophene rings is 1. The average molecular weight is 440 g/mol. The van der Waals surface area contributed by atoms with Crippen LogP contribution in [0.15, 0.2) is 41.3 Å². The number of nitrogens with zero attached hydrogens (tertiary/aromatic N) is 1. The first-order chi connectivity index (χ1) is 11.0. The summed E-state index contributed by atoms with van der Waals surface area (Å²) < 4.78 is 1.00. The lowest BCUT2D eigenvalue weighted by Gasteiger charge is -2.14. The van der Waals surface area contributed by atoms with Crippen LogP contribution in [0.5, 0.6) is 0 Å². The molecule has 1 aromatic heterocycles. The monoisotopic (exact) mass is 440 g/mol. The largest absolute Gasteiger partial charge is 0.478 e. The smallest absolute Gasteiger partial charge is 0.337 e. The molecule has 3 rings (SSSR count). The Morgan fingerprint density at radius 1 is 1.22 bits per heavy atom. The molecule has 1 aliphatic heterocycles. The molecule has 8 heteroatoms. The Morgan fingerprint density at radius 2 is 1.91 bits per heavy atom. The molecule has 2 amide bonds. The summed E-state index contributed by atoms with van der Waals surface area (Å²) in [4.78, 5) is 36.0. The Balaban J connectivity index is 1.95. The number of hydrogen-bond donors (Lipinski definition) is 2. The normalized spacial score (nSPS) is 16.0. The average Bonchev–Trinajstić information content (AvgIpc) is 3.08. The second kappa shape index (κ2) is 6.13. The molecule has 1 aromatic carbocycles. The molecule has 1 saturated heterocycles. The van der Waals surface area contributed by atoms with Crippen molar-refractivity contribution < 1.29 is 19.5 Å². The molecule has 0 radical (unpaired) electrons. The van der Waals surface area contributed by atoms with Crippen molar-refractivity contribution in [3.63, 3.8) is 0 Å². The molecule has 1 fully saturated rings. The summed E-state index contributed by atoms with van der Waals surface area (Å²) >= 11 is 3.30. The number of benzene rings is 1. The van der Waals surface area contributed by atoms with Crippen LogP contribution in [0.2, 0.25) is 0 Å². The van der Waals surface area contributed by atoms with E-state index in [1.807, 2.05) is 12.1 Å². The third kappa shape index (κ3) is 2.99. The van der Waals surface area contributed by atoms with E-state index in [1.54, 1.807) is 17.5 Å². The van der Waals surface area contributed by atoms with Gasteiger partial charge in [-0.25, -0.2) is 9.80 Å². The molecule has 2 aromatic rings. The van der Waals surface area contributed by atoms with Crippen LogP contribution in [0.3, 0.4) is 0 Å². The summed E-state index contributed by atoms with van der Waals surface area (Å²) in [6.07, 6.45) is 1.32. The van der Waals surface area contributed by atoms with Crippen LogP contribution in [-0.2, 0) is 9.59 Å². The van der Waals surface area contributed by atoms with E-state index in [9.17, 15) is 14.4 Å². The Kier molecular flexibility index (Phi) is 4.18. The van der Waals surface area contributed by atoms with Crippen LogP contribution in [0.1, 0.15) is 15.2 Å². The number of carboxylic acids is 1. The van der Waals surface area contributed by atoms with Crippen molar-refractivity contribution >= 4 is 63.5 Å². The van der Waals surface area contributed by atoms with Crippen LogP contribution in [0.4, 0.5) is 5.69 Å². The molecule has 2 N–H and O–H groups in total. The first-order valence-corrected chi connectivity index (χ1v) is 8.36. The Hall–Kier alpha value is -2.20. The van der Waals surface area contributed by atoms with Gasteiger partial charge in [-0.05, 0) is 64.4 Å². The molecule has 1 aliphatic rings. The van der Waals surface area contributed by atoms with E-state index in [2.05, 4.69) is 28.0 Å². The number of aromatic carboxylic acids is 1. The van der Waals surface area contributed by atoms with E-state index < -0.39 is 17.8 Å². The standard InChI is InChI=1S/C15H9IN2O4S/c16-8-1-3-9(4-2-8)18-14(20)11(13(19)17-18)7-12-10(15(21)22)5-6-23-12/h1-7H,(H,17,19)(H,21,22). The molecule has 0 bridgehead atoms. The van der Waals surface area contributed by atoms with Crippen LogP contribution >= 0.6 is 33.9 Å². The van der Waals surface area contributed by atoms with Crippen molar-refractivity contribution in [1.29, 1.82) is 0 Å². The number of carbonyl (C=O) groups is 3. The predicted octanol–water partition coefficient (Wildman–Crippen LogP) is 2.51. The molecule has 0 unspecified atom stereocenters. The lowest BCUT2D eigenvalue weighted by molar-refractivity contribution is -0.117. The topological polar surface area (TPSA) is 86.7 Å². The van der Waals surface area contributed by atoms with Gasteiger partial charge >= 0.3 is 5.97 Å². The zero-order valence-electron chi connectivity index (χ0n) is 11.4. The van der Waals surface area contributed by atoms with E-state index >= 15 is 0 Å². The quantitative estimate of drug-likeness (QED) is 0.437. The molecule has 0 atom stereocenters. The number of amides is 2. The van der Waals surface area contributed by atoms with E-state index in [1.165, 1.54) is 12.1 Å². The van der Waals surface area contributed by atoms with E-state index in [4.69, 9.17) is 5.11 Å². The van der Waals surface area contributed by atoms with Crippen molar-refractivity contribution in [3.05, 3.63) is 55.3 Å². The van der Waals surface area contributed by atoms with Gasteiger partial charge in [-0.2, -0.15) is 0 Å². The maximum Gasteiger partial charge on any atom is 0.337 e. The number of carbonyl (C=O) groups excluding carboxylic acids is 2. The molecular weight excluding hydrogens is 431 g/mol. The number of rotatable bonds is 3. The molecule has 0 saturated carbocycles. The first kappa shape index (κ1) is 15.7. The highest BCUT2D eigenvalue weighted by atomic mass is 127. The fourth-order valence-electron chi connectivity index (χ4n) is 2.07. The number of anilines is 1. The fourth-order valence-corrected chi connectivity index (χ4v) is 3.25. The number of hydrazine groups is 1. The summed E-state index contributed by atoms with van der Waals surface area (Å²) in [7, 11) is 0. The highest BCUT2D eigenvalue weighted by molar-refractivity contribution is 14.1. The third-order valence-corrected chi connectivity index (χ3v) is 4.76. The first-order valence-electron chi connectivity index (χ1n) is 6.41. The van der Waals surface area contributed by atoms with Crippen molar-refractivity contribution in [3.8, 4) is 0 Å². The molecule has 23 heavy (non-hydrogen) atoms. The SMILES string of the molecule is O=C1NN(c2ccc(I)cc2)C(=O)C1=Cc1sccc1C(=O)O. The van der Waals surface area contributed by atoms with E-state index in [0.717, 1.165) is 19.9 Å². The minimum absolute atomic E-state index is 0.0656. The van der Waals surface area contributed by atoms with E-state index in [-0.39, 0.29) is 11.1 Å². The van der Waals surface area contributed by atoms with Gasteiger partial charge in [-0.3, -0.25) is 15.0 Å². The maximum atomic E-state index is 12.4. The second-order valence-corrected chi connectivity index (χ2v) is 6.81. The van der Waals surface area contributed by atoms with Crippen molar-refractivity contribution in [2.45, 2.75) is 0 Å². The minimum Gasteiger partial charge on any atom is -0.478 e. The maximum absolute atomic E-state index is 12.4. The molecular formula is C15H9IN2O4S. The van der Waals surface area contributed by atoms with Gasteiger partial charge in [0.25, 0.3) is 11.8 Å². The van der Waals surface area contributed by atoms with Crippen molar-refractivity contribution in [2.24, 2.45) is 0 Å². The fraction of sp³-hybridized carbons (Fsp3) is 0. The number of nitrogens with one attached hydrogen (secondary N) is 1. The molecule has 0 spiro atoms. The van der Waals surface area contributed by atoms with Gasteiger partial charge in [0.05, 0.1) is 11.3 Å². The Labute approximate surface area is 148 Å². The van der Waals surface area contributed by atoms with Gasteiger partial charge in [-0.1, -0.05) is 0 Å². The summed E-state index contributed by atoms with van der Waals surface area (Å²) in [6.45, 7) is 0. The summed E-state index contributed by atoms with van der Waals surface area (Å²) in [5, 5.41) is 11.8. The van der Waals surface area contributed by atoms with Crippen LogP contribution in [-0.4, -0.2) is 22.9 Å². The van der Waals surface area contributed by atoms with Crippen LogP contribution in [0, 0.1) is 3.57 Å². The number of carboxylic acid groups (broad SMARTS) is 1. The minimum atomic E-state index is -1.10. The molecule has 6 nitrogen and oxygen atoms in total. The molecule has 0 aliphatic carbocycles. The van der Waals surface area contributed by atoms with Crippen molar-refractivity contribution in [1.82, 2.24) is 5.43 Å². The Morgan fingerprint density at radius 3 is 2.57 bits per heavy atom. The lowest BCUT2D eigenvalue weighted by Crippen LogP contribution is -2.35. The second-order valence-electron chi connectivity index (χ2n) is 4.62. The number of hydrogen-bond acceptors (Lipinski definition) is 4. The van der Waals surface area contributed by atoms with Crippen LogP contribution in [0.25, 0.3) is 6.08 Å². The van der Waals surface area contributed by atoms with Crippen LogP contribution < -0.4 is 10.4 Å². The summed E-state index contributed by atoms with van der Waals surface area (Å²) in [6, 6.07) is 8.51. The summed E-state index contributed by atoms with van der Waals surface area (Å²) in [5.41, 5.74) is 3.00. The zero-order valence-corrected chi connectivity index (χ0v) is 14.4. The zero-order chi connectivity index (χ0) is 16.6. The van der Waals surface area contributed by atoms with Gasteiger partial charge in [-0.15, -0.1) is 11.3 Å². The highest BCUT2D eigenvalue weighted by Crippen LogP contribution is 2.25. The van der Waals surface area contributed by atoms with Crippen molar-refractivity contribution in [2.75, 3.05) is 5.01 Å². The van der Waals surface area contributed by atoms with Gasteiger partial charge < -0.3 is 5.11 Å². The van der Waals surface area contributed by atoms with E-state index in [0.29, 0.717) is 10.6 Å². The molecule has 2 heterocycles. The number of halogens is 1.